The summed E-state index contributed by atoms with van der Waals surface area (Å²) < 4.78 is 10.7. The molecule has 0 saturated heterocycles. The summed E-state index contributed by atoms with van der Waals surface area (Å²) in [6.45, 7) is 3.73. The fourth-order valence-corrected chi connectivity index (χ4v) is 3.64. The van der Waals surface area contributed by atoms with Crippen LogP contribution in [0.3, 0.4) is 0 Å². The molecule has 1 amide bonds. The molecule has 0 saturated carbocycles. The number of hydrogen-bond acceptors (Lipinski definition) is 4. The number of halogens is 1. The van der Waals surface area contributed by atoms with Gasteiger partial charge in [-0.05, 0) is 61.5 Å². The first-order valence-corrected chi connectivity index (χ1v) is 9.70. The van der Waals surface area contributed by atoms with E-state index in [1.54, 1.807) is 32.4 Å². The molecule has 0 aromatic heterocycles. The minimum absolute atomic E-state index is 0.254. The average Bonchev–Trinajstić information content (AvgIpc) is 2.69. The number of aryl methyl sites for hydroxylation is 1. The predicted molar refractivity (Wildman–Crippen MR) is 119 cm³/mol. The number of amides is 1. The van der Waals surface area contributed by atoms with Gasteiger partial charge in [0.2, 0.25) is 0 Å². The highest BCUT2D eigenvalue weighted by Crippen LogP contribution is 2.34. The second kappa shape index (κ2) is 8.71. The molecule has 0 radical (unpaired) electrons. The van der Waals surface area contributed by atoms with Gasteiger partial charge in [0.25, 0.3) is 5.91 Å². The van der Waals surface area contributed by atoms with Crippen molar-refractivity contribution in [2.24, 2.45) is 0 Å². The van der Waals surface area contributed by atoms with Crippen LogP contribution < -0.4 is 25.4 Å². The second-order valence-corrected chi connectivity index (χ2v) is 7.44. The zero-order valence-electron chi connectivity index (χ0n) is 16.6. The largest absolute Gasteiger partial charge is 0.493 e. The highest BCUT2D eigenvalue weighted by atomic mass is 35.5. The Morgan fingerprint density at radius 1 is 1.10 bits per heavy atom. The molecule has 3 N–H and O–H groups in total. The van der Waals surface area contributed by atoms with Gasteiger partial charge >= 0.3 is 0 Å². The van der Waals surface area contributed by atoms with E-state index in [2.05, 4.69) is 16.0 Å². The summed E-state index contributed by atoms with van der Waals surface area (Å²) in [6.07, 6.45) is 0. The lowest BCUT2D eigenvalue weighted by molar-refractivity contribution is -0.113. The number of benzene rings is 2. The molecule has 0 aliphatic carbocycles. The monoisotopic (exact) mass is 431 g/mol. The summed E-state index contributed by atoms with van der Waals surface area (Å²) in [5.41, 5.74) is 3.58. The first-order chi connectivity index (χ1) is 13.8. The van der Waals surface area contributed by atoms with Gasteiger partial charge in [-0.2, -0.15) is 0 Å². The van der Waals surface area contributed by atoms with Gasteiger partial charge < -0.3 is 25.4 Å². The fourth-order valence-electron chi connectivity index (χ4n) is 3.20. The van der Waals surface area contributed by atoms with Crippen LogP contribution in [0.4, 0.5) is 5.69 Å². The van der Waals surface area contributed by atoms with Crippen molar-refractivity contribution < 1.29 is 14.3 Å². The van der Waals surface area contributed by atoms with E-state index in [0.717, 1.165) is 11.1 Å². The lowest BCUT2D eigenvalue weighted by Crippen LogP contribution is -2.45. The number of hydrogen-bond donors (Lipinski definition) is 3. The third-order valence-electron chi connectivity index (χ3n) is 4.70. The van der Waals surface area contributed by atoms with Crippen molar-refractivity contribution in [2.75, 3.05) is 19.5 Å². The molecule has 3 rings (SSSR count). The molecule has 0 spiro atoms. The first-order valence-electron chi connectivity index (χ1n) is 8.91. The number of anilines is 1. The minimum Gasteiger partial charge on any atom is -0.493 e. The van der Waals surface area contributed by atoms with Gasteiger partial charge in [-0.25, -0.2) is 0 Å². The number of nitrogens with one attached hydrogen (secondary N) is 3. The standard InChI is InChI=1S/C21H22ClN3O3S/c1-11-5-7-14(22)10-15(11)24-20(26)18-12(2)23-21(29)25-19(18)13-6-8-16(27-3)17(9-13)28-4/h5-10,19H,1-4H3,(H,24,26)(H2,23,25,29)/t19-/m1/s1. The number of allylic oxidation sites excluding steroid dienone is 1. The Hall–Kier alpha value is -2.77. The zero-order valence-corrected chi connectivity index (χ0v) is 18.1. The Balaban J connectivity index is 2.00. The van der Waals surface area contributed by atoms with Crippen LogP contribution in [0.5, 0.6) is 11.5 Å². The molecule has 0 bridgehead atoms. The molecule has 1 aliphatic heterocycles. The number of ether oxygens (including phenoxy) is 2. The van der Waals surface area contributed by atoms with E-state index < -0.39 is 6.04 Å². The van der Waals surface area contributed by atoms with Crippen molar-refractivity contribution in [3.63, 3.8) is 0 Å². The Bertz CT molecular complexity index is 1010. The molecule has 152 valence electrons. The van der Waals surface area contributed by atoms with Crippen LogP contribution in [0.25, 0.3) is 0 Å². The molecule has 29 heavy (non-hydrogen) atoms. The van der Waals surface area contributed by atoms with Gasteiger partial charge in [0.05, 0.1) is 25.8 Å². The molecule has 1 atom stereocenters. The zero-order chi connectivity index (χ0) is 21.1. The van der Waals surface area contributed by atoms with Crippen LogP contribution in [0.15, 0.2) is 47.7 Å². The Labute approximate surface area is 180 Å². The molecule has 2 aromatic carbocycles. The van der Waals surface area contributed by atoms with Crippen molar-refractivity contribution in [1.29, 1.82) is 0 Å². The van der Waals surface area contributed by atoms with Crippen LogP contribution in [-0.4, -0.2) is 25.2 Å². The molecule has 6 nitrogen and oxygen atoms in total. The Kier molecular flexibility index (Phi) is 6.30. The van der Waals surface area contributed by atoms with Gasteiger partial charge in [-0.3, -0.25) is 4.79 Å². The summed E-state index contributed by atoms with van der Waals surface area (Å²) in [5.74, 6) is 0.920. The number of rotatable bonds is 5. The summed E-state index contributed by atoms with van der Waals surface area (Å²) in [6, 6.07) is 10.4. The van der Waals surface area contributed by atoms with E-state index in [-0.39, 0.29) is 5.91 Å². The van der Waals surface area contributed by atoms with Crippen molar-refractivity contribution in [1.82, 2.24) is 10.6 Å². The van der Waals surface area contributed by atoms with Gasteiger partial charge in [0.15, 0.2) is 16.6 Å². The van der Waals surface area contributed by atoms with Gasteiger partial charge in [0, 0.05) is 16.4 Å². The van der Waals surface area contributed by atoms with Crippen molar-refractivity contribution in [3.05, 3.63) is 63.8 Å². The van der Waals surface area contributed by atoms with Gasteiger partial charge in [-0.15, -0.1) is 0 Å². The summed E-state index contributed by atoms with van der Waals surface area (Å²) in [4.78, 5) is 13.2. The van der Waals surface area contributed by atoms with Crippen molar-refractivity contribution in [3.8, 4) is 11.5 Å². The molecular weight excluding hydrogens is 410 g/mol. The lowest BCUT2D eigenvalue weighted by atomic mass is 9.94. The van der Waals surface area contributed by atoms with Crippen molar-refractivity contribution in [2.45, 2.75) is 19.9 Å². The molecule has 2 aromatic rings. The highest BCUT2D eigenvalue weighted by Gasteiger charge is 2.30. The predicted octanol–water partition coefficient (Wildman–Crippen LogP) is 4.10. The maximum absolute atomic E-state index is 13.2. The van der Waals surface area contributed by atoms with Crippen molar-refractivity contribution >= 4 is 40.5 Å². The quantitative estimate of drug-likeness (QED) is 0.619. The number of carbonyl (C=O) groups is 1. The van der Waals surface area contributed by atoms with Crippen LogP contribution in [0.1, 0.15) is 24.1 Å². The fraction of sp³-hybridized carbons (Fsp3) is 0.238. The van der Waals surface area contributed by atoms with E-state index in [9.17, 15) is 4.79 Å². The van der Waals surface area contributed by atoms with Crippen LogP contribution in [-0.2, 0) is 4.79 Å². The van der Waals surface area contributed by atoms with Crippen LogP contribution >= 0.6 is 23.8 Å². The first kappa shape index (κ1) is 21.0. The van der Waals surface area contributed by atoms with Crippen LogP contribution in [0.2, 0.25) is 5.02 Å². The Morgan fingerprint density at radius 2 is 1.83 bits per heavy atom. The molecule has 0 fully saturated rings. The molecular formula is C21H22ClN3O3S. The third-order valence-corrected chi connectivity index (χ3v) is 5.16. The second-order valence-electron chi connectivity index (χ2n) is 6.60. The average molecular weight is 432 g/mol. The molecule has 1 heterocycles. The molecule has 0 unspecified atom stereocenters. The summed E-state index contributed by atoms with van der Waals surface area (Å²) in [7, 11) is 3.14. The summed E-state index contributed by atoms with van der Waals surface area (Å²) >= 11 is 11.4. The lowest BCUT2D eigenvalue weighted by Gasteiger charge is -2.30. The number of carbonyl (C=O) groups excluding carboxylic acids is 1. The Morgan fingerprint density at radius 3 is 2.52 bits per heavy atom. The highest BCUT2D eigenvalue weighted by molar-refractivity contribution is 7.80. The molecule has 8 heteroatoms. The minimum atomic E-state index is -0.456. The topological polar surface area (TPSA) is 71.6 Å². The smallest absolute Gasteiger partial charge is 0.255 e. The van der Waals surface area contributed by atoms with Crippen LogP contribution in [0, 0.1) is 6.92 Å². The number of thiocarbonyl (C=S) groups is 1. The van der Waals surface area contributed by atoms with E-state index >= 15 is 0 Å². The van der Waals surface area contributed by atoms with Gasteiger partial charge in [0.1, 0.15) is 0 Å². The third kappa shape index (κ3) is 4.46. The van der Waals surface area contributed by atoms with E-state index in [1.165, 1.54) is 0 Å². The van der Waals surface area contributed by atoms with E-state index in [0.29, 0.717) is 38.6 Å². The van der Waals surface area contributed by atoms with E-state index in [1.807, 2.05) is 32.0 Å². The summed E-state index contributed by atoms with van der Waals surface area (Å²) in [5, 5.41) is 10.2. The SMILES string of the molecule is COc1ccc([C@H]2NC(=S)NC(C)=C2C(=O)Nc2cc(Cl)ccc2C)cc1OC. The maximum Gasteiger partial charge on any atom is 0.255 e. The van der Waals surface area contributed by atoms with E-state index in [4.69, 9.17) is 33.3 Å². The van der Waals surface area contributed by atoms with Gasteiger partial charge in [-0.1, -0.05) is 23.7 Å². The number of methoxy groups -OCH3 is 2. The maximum atomic E-state index is 13.2. The normalized spacial score (nSPS) is 16.0. The molecule has 1 aliphatic rings.